The predicted molar refractivity (Wildman–Crippen MR) is 158 cm³/mol. The van der Waals surface area contributed by atoms with Crippen LogP contribution in [0.2, 0.25) is 0 Å². The topological polar surface area (TPSA) is 75.7 Å². The average Bonchev–Trinajstić information content (AvgIpc) is 3.32. The number of carbonyl (C=O) groups is 1. The van der Waals surface area contributed by atoms with Gasteiger partial charge in [-0.05, 0) is 110 Å². The van der Waals surface area contributed by atoms with E-state index >= 15 is 0 Å². The third-order valence-corrected chi connectivity index (χ3v) is 12.9. The van der Waals surface area contributed by atoms with Gasteiger partial charge in [0.05, 0.1) is 10.9 Å². The molecule has 1 N–H and O–H groups in total. The largest absolute Gasteiger partial charge is 0.488 e. The van der Waals surface area contributed by atoms with Gasteiger partial charge in [-0.1, -0.05) is 44.9 Å². The summed E-state index contributed by atoms with van der Waals surface area (Å²) in [4.78, 5) is 15.2. The highest BCUT2D eigenvalue weighted by Gasteiger charge is 2.64. The van der Waals surface area contributed by atoms with Crippen LogP contribution in [0.5, 0.6) is 5.75 Å². The lowest BCUT2D eigenvalue weighted by Crippen LogP contribution is -2.69. The lowest BCUT2D eigenvalue weighted by Gasteiger charge is -2.65. The Morgan fingerprint density at radius 2 is 1.65 bits per heavy atom. The minimum Gasteiger partial charge on any atom is -0.488 e. The van der Waals surface area contributed by atoms with Crippen molar-refractivity contribution in [2.24, 2.45) is 34.5 Å². The van der Waals surface area contributed by atoms with Crippen molar-refractivity contribution in [3.8, 4) is 5.75 Å². The molecule has 6 rings (SSSR count). The van der Waals surface area contributed by atoms with Gasteiger partial charge < -0.3 is 9.64 Å². The van der Waals surface area contributed by atoms with Crippen LogP contribution in [-0.2, 0) is 14.8 Å². The van der Waals surface area contributed by atoms with Crippen LogP contribution >= 0.6 is 0 Å². The number of hydrogen-bond donors (Lipinski definition) is 1. The van der Waals surface area contributed by atoms with E-state index in [9.17, 15) is 13.2 Å². The van der Waals surface area contributed by atoms with Crippen LogP contribution in [0.15, 0.2) is 53.4 Å². The summed E-state index contributed by atoms with van der Waals surface area (Å²) in [5, 5.41) is 0. The molecule has 0 radical (unpaired) electrons. The molecule has 6 nitrogen and oxygen atoms in total. The zero-order chi connectivity index (χ0) is 28.4. The number of anilines is 1. The average molecular weight is 565 g/mol. The summed E-state index contributed by atoms with van der Waals surface area (Å²) in [6, 6.07) is 14.1. The third kappa shape index (κ3) is 4.43. The van der Waals surface area contributed by atoms with Gasteiger partial charge in [0.15, 0.2) is 0 Å². The van der Waals surface area contributed by atoms with Gasteiger partial charge in [-0.25, -0.2) is 8.42 Å². The summed E-state index contributed by atoms with van der Waals surface area (Å²) >= 11 is 0. The number of hydrogen-bond acceptors (Lipinski definition) is 4. The summed E-state index contributed by atoms with van der Waals surface area (Å²) < 4.78 is 35.3. The Morgan fingerprint density at radius 1 is 0.950 bits per heavy atom. The van der Waals surface area contributed by atoms with E-state index in [2.05, 4.69) is 25.5 Å². The fourth-order valence-electron chi connectivity index (χ4n) is 9.35. The molecule has 2 aromatic carbocycles. The van der Waals surface area contributed by atoms with E-state index in [1.807, 2.05) is 31.0 Å². The molecule has 0 spiro atoms. The van der Waals surface area contributed by atoms with Crippen LogP contribution in [0.25, 0.3) is 0 Å². The molecule has 1 saturated heterocycles. The number of rotatable bonds is 5. The number of carbonyl (C=O) groups excluding carboxylic acids is 1. The number of aryl methyl sites for hydroxylation is 1. The van der Waals surface area contributed by atoms with Crippen LogP contribution in [0.1, 0.15) is 71.3 Å². The monoisotopic (exact) mass is 564 g/mol. The van der Waals surface area contributed by atoms with Crippen molar-refractivity contribution in [1.82, 2.24) is 4.90 Å². The second-order valence-corrected chi connectivity index (χ2v) is 15.4. The molecule has 3 unspecified atom stereocenters. The molecule has 4 aliphatic rings. The number of nitrogens with one attached hydrogen (secondary N) is 1. The van der Waals surface area contributed by atoms with Gasteiger partial charge in [-0.15, -0.1) is 0 Å². The van der Waals surface area contributed by atoms with E-state index < -0.39 is 10.0 Å². The number of likely N-dealkylation sites (tertiary alicyclic amines) is 1. The SMILES string of the molecule is Cc1ccc(S(=O)(=O)Nc2ccc(OC3C(C)[C@@H]4[C@@H](CC[C@]5(C)CCC[C@@H]45)[C@@]4(C)CCC(=O)N(C)C34)cc2)cc1. The van der Waals surface area contributed by atoms with Crippen molar-refractivity contribution in [3.63, 3.8) is 0 Å². The molecular weight excluding hydrogens is 520 g/mol. The highest BCUT2D eigenvalue weighted by molar-refractivity contribution is 7.92. The van der Waals surface area contributed by atoms with Crippen molar-refractivity contribution in [2.45, 2.75) is 89.7 Å². The Kier molecular flexibility index (Phi) is 6.75. The van der Waals surface area contributed by atoms with Gasteiger partial charge in [-0.2, -0.15) is 0 Å². The van der Waals surface area contributed by atoms with E-state index in [4.69, 9.17) is 4.74 Å². The van der Waals surface area contributed by atoms with Crippen molar-refractivity contribution in [2.75, 3.05) is 11.8 Å². The fraction of sp³-hybridized carbons (Fsp3) is 0.606. The molecule has 216 valence electrons. The van der Waals surface area contributed by atoms with E-state index in [0.717, 1.165) is 12.0 Å². The fourth-order valence-corrected chi connectivity index (χ4v) is 10.4. The second kappa shape index (κ2) is 9.78. The summed E-state index contributed by atoms with van der Waals surface area (Å²) in [7, 11) is -1.71. The Labute approximate surface area is 239 Å². The highest BCUT2D eigenvalue weighted by Crippen LogP contribution is 2.66. The highest BCUT2D eigenvalue weighted by atomic mass is 32.2. The minimum atomic E-state index is -3.68. The molecule has 0 bridgehead atoms. The van der Waals surface area contributed by atoms with Crippen molar-refractivity contribution in [3.05, 3.63) is 54.1 Å². The zero-order valence-electron chi connectivity index (χ0n) is 24.5. The first-order valence-electron chi connectivity index (χ1n) is 15.0. The normalized spacial score (nSPS) is 37.3. The lowest BCUT2D eigenvalue weighted by molar-refractivity contribution is -0.191. The molecule has 0 aromatic heterocycles. The molecule has 1 heterocycles. The van der Waals surface area contributed by atoms with Gasteiger partial charge in [0.25, 0.3) is 10.0 Å². The van der Waals surface area contributed by atoms with E-state index in [1.54, 1.807) is 36.4 Å². The molecule has 1 amide bonds. The van der Waals surface area contributed by atoms with E-state index in [1.165, 1.54) is 32.1 Å². The molecule has 2 aromatic rings. The Hall–Kier alpha value is -2.54. The van der Waals surface area contributed by atoms with E-state index in [0.29, 0.717) is 46.9 Å². The van der Waals surface area contributed by atoms with Crippen molar-refractivity contribution >= 4 is 21.6 Å². The quantitative estimate of drug-likeness (QED) is 0.441. The van der Waals surface area contributed by atoms with Crippen LogP contribution in [0, 0.1) is 41.4 Å². The summed E-state index contributed by atoms with van der Waals surface area (Å²) in [6.45, 7) is 9.24. The smallest absolute Gasteiger partial charge is 0.261 e. The van der Waals surface area contributed by atoms with Gasteiger partial charge in [0.2, 0.25) is 5.91 Å². The molecule has 1 aliphatic heterocycles. The Morgan fingerprint density at radius 3 is 2.35 bits per heavy atom. The Balaban J connectivity index is 1.28. The predicted octanol–water partition coefficient (Wildman–Crippen LogP) is 6.65. The zero-order valence-corrected chi connectivity index (χ0v) is 25.3. The molecule has 8 atom stereocenters. The number of ether oxygens (including phenoxy) is 1. The number of sulfonamides is 1. The molecular formula is C33H44N2O4S. The number of piperidine rings is 1. The molecule has 40 heavy (non-hydrogen) atoms. The van der Waals surface area contributed by atoms with Crippen molar-refractivity contribution in [1.29, 1.82) is 0 Å². The van der Waals surface area contributed by atoms with Gasteiger partial charge >= 0.3 is 0 Å². The van der Waals surface area contributed by atoms with Gasteiger partial charge in [0, 0.05) is 19.2 Å². The van der Waals surface area contributed by atoms with Crippen LogP contribution in [-0.4, -0.2) is 38.4 Å². The maximum Gasteiger partial charge on any atom is 0.261 e. The van der Waals surface area contributed by atoms with Crippen LogP contribution < -0.4 is 9.46 Å². The molecule has 3 aliphatic carbocycles. The summed E-state index contributed by atoms with van der Waals surface area (Å²) in [6.07, 6.45) is 7.94. The minimum absolute atomic E-state index is 0.0236. The third-order valence-electron chi connectivity index (χ3n) is 11.5. The van der Waals surface area contributed by atoms with Crippen LogP contribution in [0.4, 0.5) is 5.69 Å². The number of fused-ring (bicyclic) bond motifs is 5. The van der Waals surface area contributed by atoms with Gasteiger partial charge in [0.1, 0.15) is 11.9 Å². The standard InChI is InChI=1S/C33H44N2O4S/c1-21-8-14-25(15-9-21)40(37,38)34-23-10-12-24(13-11-23)39-30-22(2)29-26-7-6-18-32(26,3)19-16-27(29)33(4)20-17-28(36)35(5)31(30)33/h8-15,22,26-27,29-31,34H,6-7,16-20H2,1-5H3/t22?,26-,27+,29-,30?,31?,32-,33+/m0/s1. The summed E-state index contributed by atoms with van der Waals surface area (Å²) in [5.74, 6) is 3.16. The Bertz CT molecular complexity index is 1370. The van der Waals surface area contributed by atoms with Gasteiger partial charge in [-0.3, -0.25) is 9.52 Å². The number of likely N-dealkylation sites (N-methyl/N-ethyl adjacent to an activating group) is 1. The molecule has 4 fully saturated rings. The molecule has 7 heteroatoms. The van der Waals surface area contributed by atoms with Crippen molar-refractivity contribution < 1.29 is 17.9 Å². The first-order chi connectivity index (χ1) is 18.9. The maximum absolute atomic E-state index is 13.0. The lowest BCUT2D eigenvalue weighted by atomic mass is 9.44. The number of benzene rings is 2. The number of nitrogens with zero attached hydrogens (tertiary/aromatic N) is 1. The maximum atomic E-state index is 13.0. The second-order valence-electron chi connectivity index (χ2n) is 13.7. The van der Waals surface area contributed by atoms with Crippen LogP contribution in [0.3, 0.4) is 0 Å². The van der Waals surface area contributed by atoms with E-state index in [-0.39, 0.29) is 28.4 Å². The molecule has 3 saturated carbocycles. The summed E-state index contributed by atoms with van der Waals surface area (Å²) in [5.41, 5.74) is 1.96. The first kappa shape index (κ1) is 27.6. The first-order valence-corrected chi connectivity index (χ1v) is 16.5. The number of amides is 1.